The Balaban J connectivity index is 1.08. The second-order valence-electron chi connectivity index (χ2n) is 11.5. The molecule has 6 heteroatoms. The number of H-pyrrole nitrogens is 1. The van der Waals surface area contributed by atoms with Crippen LogP contribution in [0.15, 0.2) is 79.3 Å². The molecule has 0 saturated carbocycles. The monoisotopic (exact) mass is 530 g/mol. The number of aromatic nitrogens is 3. The Morgan fingerprint density at radius 2 is 1.65 bits per heavy atom. The van der Waals surface area contributed by atoms with Crippen molar-refractivity contribution in [2.75, 3.05) is 13.2 Å². The summed E-state index contributed by atoms with van der Waals surface area (Å²) in [4.78, 5) is 15.1. The fourth-order valence-electron chi connectivity index (χ4n) is 7.14. The number of ether oxygens (including phenoxy) is 1. The summed E-state index contributed by atoms with van der Waals surface area (Å²) in [7, 11) is 0. The van der Waals surface area contributed by atoms with Gasteiger partial charge in [0.15, 0.2) is 0 Å². The van der Waals surface area contributed by atoms with Crippen molar-refractivity contribution in [3.63, 3.8) is 0 Å². The van der Waals surface area contributed by atoms with Gasteiger partial charge in [-0.15, -0.1) is 0 Å². The van der Waals surface area contributed by atoms with Gasteiger partial charge >= 0.3 is 0 Å². The fraction of sp³-hybridized carbons (Fsp3) is 0.294. The molecule has 40 heavy (non-hydrogen) atoms. The number of hydrogen-bond donors (Lipinski definition) is 1. The first-order valence-electron chi connectivity index (χ1n) is 14.4. The Morgan fingerprint density at radius 3 is 2.45 bits per heavy atom. The molecule has 3 aromatic heterocycles. The zero-order chi connectivity index (χ0) is 26.6. The molecule has 2 aromatic carbocycles. The maximum Gasteiger partial charge on any atom is 0.137 e. The average Bonchev–Trinajstić information content (AvgIpc) is 3.32. The lowest BCUT2D eigenvalue weighted by molar-refractivity contribution is -0.148. The molecule has 2 aliphatic heterocycles. The lowest BCUT2D eigenvalue weighted by atomic mass is 9.87. The van der Waals surface area contributed by atoms with E-state index in [1.807, 2.05) is 42.7 Å². The summed E-state index contributed by atoms with van der Waals surface area (Å²) < 4.78 is 20.9. The Bertz CT molecular complexity index is 1700. The van der Waals surface area contributed by atoms with Crippen LogP contribution in [0.4, 0.5) is 4.39 Å². The normalized spacial score (nSPS) is 22.5. The Morgan fingerprint density at radius 1 is 0.800 bits per heavy atom. The van der Waals surface area contributed by atoms with Crippen molar-refractivity contribution in [3.05, 3.63) is 96.2 Å². The minimum absolute atomic E-state index is 0.284. The first-order chi connectivity index (χ1) is 19.7. The van der Waals surface area contributed by atoms with Crippen LogP contribution in [-0.2, 0) is 17.6 Å². The van der Waals surface area contributed by atoms with E-state index in [-0.39, 0.29) is 5.82 Å². The van der Waals surface area contributed by atoms with Gasteiger partial charge < -0.3 is 9.72 Å². The number of nitrogens with one attached hydrogen (secondary N) is 1. The van der Waals surface area contributed by atoms with E-state index in [2.05, 4.69) is 39.1 Å². The number of rotatable bonds is 4. The summed E-state index contributed by atoms with van der Waals surface area (Å²) in [6, 6.07) is 21.9. The highest BCUT2D eigenvalue weighted by molar-refractivity contribution is 5.96. The third kappa shape index (κ3) is 4.05. The molecule has 8 rings (SSSR count). The summed E-state index contributed by atoms with van der Waals surface area (Å²) in [5.74, 6) is -0.284. The highest BCUT2D eigenvalue weighted by Gasteiger charge is 2.45. The molecule has 200 valence electrons. The van der Waals surface area contributed by atoms with E-state index in [9.17, 15) is 0 Å². The number of halogens is 1. The van der Waals surface area contributed by atoms with Crippen molar-refractivity contribution >= 4 is 11.0 Å². The third-order valence-electron chi connectivity index (χ3n) is 9.21. The zero-order valence-electron chi connectivity index (χ0n) is 22.3. The van der Waals surface area contributed by atoms with E-state index < -0.39 is 0 Å². The average molecular weight is 531 g/mol. The molecule has 5 nitrogen and oxygen atoms in total. The summed E-state index contributed by atoms with van der Waals surface area (Å²) in [6.07, 6.45) is 11.5. The molecular formula is C34H31FN4O. The van der Waals surface area contributed by atoms with E-state index in [1.54, 1.807) is 12.3 Å². The zero-order valence-corrected chi connectivity index (χ0v) is 22.3. The summed E-state index contributed by atoms with van der Waals surface area (Å²) in [5, 5.41) is 0.990. The number of benzene rings is 2. The highest BCUT2D eigenvalue weighted by atomic mass is 19.1. The molecule has 5 aromatic rings. The quantitative estimate of drug-likeness (QED) is 0.259. The summed E-state index contributed by atoms with van der Waals surface area (Å²) >= 11 is 0. The number of hydrogen-bond acceptors (Lipinski definition) is 4. The molecule has 2 fully saturated rings. The van der Waals surface area contributed by atoms with Crippen LogP contribution in [0.1, 0.15) is 30.4 Å². The molecule has 1 N–H and O–H groups in total. The lowest BCUT2D eigenvalue weighted by Crippen LogP contribution is -2.66. The number of fused-ring (bicyclic) bond motifs is 4. The first kappa shape index (κ1) is 24.0. The van der Waals surface area contributed by atoms with Gasteiger partial charge in [-0.2, -0.15) is 0 Å². The second-order valence-corrected chi connectivity index (χ2v) is 11.5. The lowest BCUT2D eigenvalue weighted by Gasteiger charge is -2.56. The Kier molecular flexibility index (Phi) is 5.78. The molecule has 0 amide bonds. The SMILES string of the molecule is Fc1cc(-c2c[nH]c3ncc(-c4ccc5c(c4)CC[C@@H](N4C6COCC4C6)CC5)cc23)ccc1-c1ccccn1. The van der Waals surface area contributed by atoms with E-state index in [0.29, 0.717) is 29.4 Å². The molecule has 0 radical (unpaired) electrons. The minimum Gasteiger partial charge on any atom is -0.378 e. The van der Waals surface area contributed by atoms with Crippen molar-refractivity contribution in [2.45, 2.75) is 50.2 Å². The van der Waals surface area contributed by atoms with Gasteiger partial charge in [-0.25, -0.2) is 9.37 Å². The van der Waals surface area contributed by atoms with Crippen LogP contribution >= 0.6 is 0 Å². The van der Waals surface area contributed by atoms with Crippen LogP contribution < -0.4 is 0 Å². The van der Waals surface area contributed by atoms with E-state index in [1.165, 1.54) is 36.0 Å². The smallest absolute Gasteiger partial charge is 0.137 e. The van der Waals surface area contributed by atoms with Crippen LogP contribution in [0.2, 0.25) is 0 Å². The van der Waals surface area contributed by atoms with E-state index in [4.69, 9.17) is 9.72 Å². The number of aromatic amines is 1. The number of aryl methyl sites for hydroxylation is 2. The first-order valence-corrected chi connectivity index (χ1v) is 14.4. The molecule has 5 heterocycles. The van der Waals surface area contributed by atoms with Crippen LogP contribution in [0.25, 0.3) is 44.5 Å². The number of pyridine rings is 2. The Labute approximate surface area is 233 Å². The topological polar surface area (TPSA) is 54.0 Å². The standard InChI is InChI=1S/C34H31FN4O/c35-32-15-24(8-11-29(32)33-3-1-2-12-36-33)31-18-38-34-30(31)14-25(17-37-34)23-5-4-21-6-9-26(10-7-22(21)13-23)39-27-16-28(39)20-40-19-27/h1-5,8,11-15,17-18,26-28H,6-7,9-10,16,19-20H2,(H,37,38)/t26-,27?,28?/m0/s1. The maximum atomic E-state index is 15.2. The molecule has 3 atom stereocenters. The van der Waals surface area contributed by atoms with Gasteiger partial charge in [-0.05, 0) is 84.7 Å². The Hall–Kier alpha value is -3.87. The molecular weight excluding hydrogens is 499 g/mol. The van der Waals surface area contributed by atoms with Crippen molar-refractivity contribution in [1.82, 2.24) is 19.9 Å². The van der Waals surface area contributed by atoms with Gasteiger partial charge in [-0.1, -0.05) is 30.3 Å². The van der Waals surface area contributed by atoms with Gasteiger partial charge in [0.1, 0.15) is 11.5 Å². The van der Waals surface area contributed by atoms with Crippen molar-refractivity contribution in [2.24, 2.45) is 0 Å². The molecule has 2 bridgehead atoms. The van der Waals surface area contributed by atoms with Gasteiger partial charge in [0.2, 0.25) is 0 Å². The number of nitrogens with zero attached hydrogens (tertiary/aromatic N) is 3. The fourth-order valence-corrected chi connectivity index (χ4v) is 7.14. The predicted molar refractivity (Wildman–Crippen MR) is 155 cm³/mol. The second kappa shape index (κ2) is 9.65. The van der Waals surface area contributed by atoms with Crippen LogP contribution in [0, 0.1) is 5.82 Å². The molecule has 3 aliphatic rings. The predicted octanol–water partition coefficient (Wildman–Crippen LogP) is 6.82. The van der Waals surface area contributed by atoms with Crippen LogP contribution in [-0.4, -0.2) is 51.2 Å². The minimum atomic E-state index is -0.284. The molecule has 2 saturated heterocycles. The largest absolute Gasteiger partial charge is 0.378 e. The molecule has 0 spiro atoms. The van der Waals surface area contributed by atoms with Crippen molar-refractivity contribution in [3.8, 4) is 33.5 Å². The van der Waals surface area contributed by atoms with Crippen molar-refractivity contribution in [1.29, 1.82) is 0 Å². The van der Waals surface area contributed by atoms with Gasteiger partial charge in [0.05, 0.1) is 18.9 Å². The van der Waals surface area contributed by atoms with E-state index in [0.717, 1.165) is 53.8 Å². The number of morpholine rings is 1. The summed E-state index contributed by atoms with van der Waals surface area (Å²) in [5.41, 5.74) is 8.90. The van der Waals surface area contributed by atoms with Gasteiger partial charge in [-0.3, -0.25) is 9.88 Å². The summed E-state index contributed by atoms with van der Waals surface area (Å²) in [6.45, 7) is 1.81. The molecule has 2 unspecified atom stereocenters. The van der Waals surface area contributed by atoms with Crippen LogP contribution in [0.5, 0.6) is 0 Å². The van der Waals surface area contributed by atoms with E-state index >= 15 is 4.39 Å². The molecule has 1 aliphatic carbocycles. The van der Waals surface area contributed by atoms with Crippen molar-refractivity contribution < 1.29 is 9.13 Å². The van der Waals surface area contributed by atoms with Crippen LogP contribution in [0.3, 0.4) is 0 Å². The maximum absolute atomic E-state index is 15.2. The van der Waals surface area contributed by atoms with Gasteiger partial charge in [0, 0.05) is 58.8 Å². The van der Waals surface area contributed by atoms with Gasteiger partial charge in [0.25, 0.3) is 0 Å². The third-order valence-corrected chi connectivity index (χ3v) is 9.21. The highest BCUT2D eigenvalue weighted by Crippen LogP contribution is 2.38.